The molecule has 2 aromatic rings. The Morgan fingerprint density at radius 2 is 1.81 bits per heavy atom. The normalized spacial score (nSPS) is 14.2. The molecule has 0 aliphatic carbocycles. The summed E-state index contributed by atoms with van der Waals surface area (Å²) in [5.74, 6) is -0.267. The lowest BCUT2D eigenvalue weighted by molar-refractivity contribution is -0.192. The number of carbonyl (C=O) groups excluding carboxylic acids is 1. The molecule has 0 radical (unpaired) electrons. The Morgan fingerprint density at radius 3 is 2.42 bits per heavy atom. The molecule has 5 nitrogen and oxygen atoms in total. The van der Waals surface area contributed by atoms with Gasteiger partial charge in [0.1, 0.15) is 12.4 Å². The van der Waals surface area contributed by atoms with Crippen LogP contribution in [0.25, 0.3) is 0 Å². The van der Waals surface area contributed by atoms with Gasteiger partial charge in [-0.2, -0.15) is 0 Å². The van der Waals surface area contributed by atoms with Crippen molar-refractivity contribution in [2.45, 2.75) is 38.6 Å². The highest BCUT2D eigenvalue weighted by Crippen LogP contribution is 2.31. The summed E-state index contributed by atoms with van der Waals surface area (Å²) in [6, 6.07) is 13.6. The highest BCUT2D eigenvalue weighted by atomic mass is 35.5. The van der Waals surface area contributed by atoms with Crippen LogP contribution in [0.5, 0.6) is 5.75 Å². The van der Waals surface area contributed by atoms with Crippen LogP contribution in [0.3, 0.4) is 0 Å². The summed E-state index contributed by atoms with van der Waals surface area (Å²) < 4.78 is 36.7. The predicted octanol–water partition coefficient (Wildman–Crippen LogP) is 5.61. The maximum Gasteiger partial charge on any atom is 0.345 e. The second-order valence-electron chi connectivity index (χ2n) is 7.08. The number of carbonyl (C=O) groups is 1. The van der Waals surface area contributed by atoms with E-state index >= 15 is 0 Å². The van der Waals surface area contributed by atoms with Crippen LogP contribution in [0, 0.1) is 0 Å². The van der Waals surface area contributed by atoms with Gasteiger partial charge >= 0.3 is 5.97 Å². The van der Waals surface area contributed by atoms with Gasteiger partial charge in [0, 0.05) is 5.02 Å². The summed E-state index contributed by atoms with van der Waals surface area (Å²) >= 11 is 11.9. The van der Waals surface area contributed by atoms with E-state index in [0.29, 0.717) is 16.3 Å². The molecule has 31 heavy (non-hydrogen) atoms. The second kappa shape index (κ2) is 12.2. The molecule has 0 saturated carbocycles. The van der Waals surface area contributed by atoms with Gasteiger partial charge in [0.25, 0.3) is 0 Å². The predicted molar refractivity (Wildman–Crippen MR) is 119 cm³/mol. The van der Waals surface area contributed by atoms with Crippen LogP contribution < -0.4 is 4.74 Å². The van der Waals surface area contributed by atoms with Gasteiger partial charge in [0.2, 0.25) is 5.60 Å². The van der Waals surface area contributed by atoms with Gasteiger partial charge in [-0.1, -0.05) is 53.5 Å². The van der Waals surface area contributed by atoms with Crippen molar-refractivity contribution in [1.29, 1.82) is 0 Å². The minimum atomic E-state index is -1.51. The van der Waals surface area contributed by atoms with Crippen molar-refractivity contribution < 1.29 is 28.1 Å². The third-order valence-electron chi connectivity index (χ3n) is 4.20. The SMILES string of the molecule is CCOC(=O)[C@](COC[C@H](F)COc1ccc(Cl)cc1Cl)(OC(C)C)c1ccccc1. The Morgan fingerprint density at radius 1 is 1.10 bits per heavy atom. The molecule has 2 atom stereocenters. The zero-order chi connectivity index (χ0) is 22.9. The first kappa shape index (κ1) is 25.4. The molecule has 0 amide bonds. The lowest BCUT2D eigenvalue weighted by Crippen LogP contribution is -2.46. The van der Waals surface area contributed by atoms with Crippen molar-refractivity contribution in [3.8, 4) is 5.75 Å². The first-order valence-electron chi connectivity index (χ1n) is 9.98. The van der Waals surface area contributed by atoms with Crippen molar-refractivity contribution in [1.82, 2.24) is 0 Å². The smallest absolute Gasteiger partial charge is 0.345 e. The summed E-state index contributed by atoms with van der Waals surface area (Å²) in [5, 5.41) is 0.746. The molecule has 0 saturated heterocycles. The van der Waals surface area contributed by atoms with Crippen molar-refractivity contribution in [2.24, 2.45) is 0 Å². The van der Waals surface area contributed by atoms with Gasteiger partial charge in [-0.05, 0) is 44.5 Å². The fraction of sp³-hybridized carbons (Fsp3) is 0.435. The van der Waals surface area contributed by atoms with Crippen LogP contribution in [-0.2, 0) is 24.6 Å². The van der Waals surface area contributed by atoms with E-state index in [2.05, 4.69) is 0 Å². The Labute approximate surface area is 192 Å². The van der Waals surface area contributed by atoms with E-state index in [4.69, 9.17) is 42.1 Å². The van der Waals surface area contributed by atoms with Crippen LogP contribution in [0.4, 0.5) is 4.39 Å². The molecule has 2 aromatic carbocycles. The molecule has 0 unspecified atom stereocenters. The molecule has 0 heterocycles. The van der Waals surface area contributed by atoms with E-state index in [-0.39, 0.29) is 37.6 Å². The highest BCUT2D eigenvalue weighted by molar-refractivity contribution is 6.35. The van der Waals surface area contributed by atoms with Gasteiger partial charge in [-0.15, -0.1) is 0 Å². The third kappa shape index (κ3) is 7.35. The third-order valence-corrected chi connectivity index (χ3v) is 4.73. The van der Waals surface area contributed by atoms with Gasteiger partial charge in [-0.25, -0.2) is 9.18 Å². The van der Waals surface area contributed by atoms with Crippen LogP contribution in [0.1, 0.15) is 26.3 Å². The van der Waals surface area contributed by atoms with E-state index in [9.17, 15) is 9.18 Å². The minimum Gasteiger partial charge on any atom is -0.489 e. The molecule has 0 aliphatic heterocycles. The Hall–Kier alpha value is -1.86. The maximum atomic E-state index is 14.4. The fourth-order valence-electron chi connectivity index (χ4n) is 2.92. The number of benzene rings is 2. The summed E-state index contributed by atoms with van der Waals surface area (Å²) in [6.07, 6.45) is -1.76. The molecule has 0 aromatic heterocycles. The molecule has 0 fully saturated rings. The summed E-state index contributed by atoms with van der Waals surface area (Å²) in [5.41, 5.74) is -0.937. The number of esters is 1. The topological polar surface area (TPSA) is 54.0 Å². The monoisotopic (exact) mass is 472 g/mol. The summed E-state index contributed by atoms with van der Waals surface area (Å²) in [7, 11) is 0. The lowest BCUT2D eigenvalue weighted by atomic mass is 9.94. The second-order valence-corrected chi connectivity index (χ2v) is 7.92. The molecular weight excluding hydrogens is 446 g/mol. The lowest BCUT2D eigenvalue weighted by Gasteiger charge is -2.33. The van der Waals surface area contributed by atoms with Crippen LogP contribution >= 0.6 is 23.2 Å². The first-order chi connectivity index (χ1) is 14.8. The Kier molecular flexibility index (Phi) is 10.0. The fourth-order valence-corrected chi connectivity index (χ4v) is 3.38. The summed E-state index contributed by atoms with van der Waals surface area (Å²) in [6.45, 7) is 4.70. The van der Waals surface area contributed by atoms with E-state index in [1.807, 2.05) is 6.07 Å². The van der Waals surface area contributed by atoms with Gasteiger partial charge in [0.15, 0.2) is 6.17 Å². The Balaban J connectivity index is 2.05. The number of alkyl halides is 1. The molecule has 170 valence electrons. The molecule has 8 heteroatoms. The molecule has 0 aliphatic rings. The number of ether oxygens (including phenoxy) is 4. The number of hydrogen-bond acceptors (Lipinski definition) is 5. The zero-order valence-corrected chi connectivity index (χ0v) is 19.3. The first-order valence-corrected chi connectivity index (χ1v) is 10.7. The molecule has 0 spiro atoms. The molecular formula is C23H27Cl2FO5. The standard InChI is InChI=1S/C23H27Cl2FO5/c1-4-29-22(27)23(31-16(2)3,17-8-6-5-7-9-17)15-28-13-19(26)14-30-21-11-10-18(24)12-20(21)25/h5-12,16,19H,4,13-15H2,1-3H3/t19-,23+/m0/s1. The van der Waals surface area contributed by atoms with Crippen LogP contribution in [-0.4, -0.2) is 44.7 Å². The number of rotatable bonds is 12. The van der Waals surface area contributed by atoms with Crippen LogP contribution in [0.15, 0.2) is 48.5 Å². The number of hydrogen-bond donors (Lipinski definition) is 0. The van der Waals surface area contributed by atoms with E-state index < -0.39 is 17.7 Å². The number of halogens is 3. The largest absolute Gasteiger partial charge is 0.489 e. The Bertz CT molecular complexity index is 834. The highest BCUT2D eigenvalue weighted by Gasteiger charge is 2.44. The van der Waals surface area contributed by atoms with Gasteiger partial charge < -0.3 is 18.9 Å². The van der Waals surface area contributed by atoms with Crippen LogP contribution in [0.2, 0.25) is 10.0 Å². The molecule has 0 bridgehead atoms. The van der Waals surface area contributed by atoms with Gasteiger partial charge in [0.05, 0.1) is 30.9 Å². The van der Waals surface area contributed by atoms with E-state index in [1.165, 1.54) is 6.07 Å². The van der Waals surface area contributed by atoms with Crippen molar-refractivity contribution in [3.63, 3.8) is 0 Å². The van der Waals surface area contributed by atoms with Gasteiger partial charge in [-0.3, -0.25) is 0 Å². The van der Waals surface area contributed by atoms with E-state index in [0.717, 1.165) is 0 Å². The van der Waals surface area contributed by atoms with E-state index in [1.54, 1.807) is 57.2 Å². The zero-order valence-electron chi connectivity index (χ0n) is 17.8. The molecule has 2 rings (SSSR count). The quantitative estimate of drug-likeness (QED) is 0.375. The maximum absolute atomic E-state index is 14.4. The molecule has 0 N–H and O–H groups in total. The average molecular weight is 473 g/mol. The minimum absolute atomic E-state index is 0.177. The summed E-state index contributed by atoms with van der Waals surface area (Å²) in [4.78, 5) is 12.9. The van der Waals surface area contributed by atoms with Crippen molar-refractivity contribution >= 4 is 29.2 Å². The van der Waals surface area contributed by atoms with Crippen molar-refractivity contribution in [2.75, 3.05) is 26.4 Å². The van der Waals surface area contributed by atoms with Crippen molar-refractivity contribution in [3.05, 3.63) is 64.1 Å². The average Bonchev–Trinajstić information content (AvgIpc) is 2.73.